The second kappa shape index (κ2) is 22.0. The second-order valence-electron chi connectivity index (χ2n) is 21.0. The summed E-state index contributed by atoms with van der Waals surface area (Å²) in [6, 6.07) is 22.4. The summed E-state index contributed by atoms with van der Waals surface area (Å²) in [5.74, 6) is -2.57. The zero-order valence-electron chi connectivity index (χ0n) is 43.1. The molecule has 15 nitrogen and oxygen atoms in total. The maximum Gasteiger partial charge on any atom is 0.324 e. The Bertz CT molecular complexity index is 2810. The van der Waals surface area contributed by atoms with E-state index in [0.717, 1.165) is 50.1 Å². The van der Waals surface area contributed by atoms with Gasteiger partial charge in [-0.3, -0.25) is 34.0 Å². The number of hydrazine groups is 1. The van der Waals surface area contributed by atoms with Crippen LogP contribution in [0.25, 0.3) is 33.3 Å². The maximum atomic E-state index is 14.8. The molecule has 6 bridgehead atoms. The number of likely N-dealkylation sites (N-methyl/N-ethyl adjacent to an activating group) is 1. The third-order valence-corrected chi connectivity index (χ3v) is 14.7. The van der Waals surface area contributed by atoms with E-state index >= 15 is 0 Å². The van der Waals surface area contributed by atoms with Gasteiger partial charge in [0.25, 0.3) is 5.91 Å². The van der Waals surface area contributed by atoms with Crippen molar-refractivity contribution in [3.05, 3.63) is 107 Å². The molecule has 3 N–H and O–H groups in total. The van der Waals surface area contributed by atoms with Crippen LogP contribution in [0, 0.1) is 17.3 Å². The number of carbonyl (C=O) groups excluding carboxylic acids is 5. The van der Waals surface area contributed by atoms with Gasteiger partial charge in [0, 0.05) is 81.3 Å². The van der Waals surface area contributed by atoms with E-state index in [4.69, 9.17) is 14.5 Å². The molecule has 4 amide bonds. The molecule has 15 heteroatoms. The number of carbonyl (C=O) groups is 5. The second-order valence-corrected chi connectivity index (χ2v) is 21.0. The van der Waals surface area contributed by atoms with Crippen LogP contribution in [0.3, 0.4) is 0 Å². The molecule has 2 saturated heterocycles. The number of hydrogen-bond acceptors (Lipinski definition) is 10. The Morgan fingerprint density at radius 1 is 0.986 bits per heavy atom. The van der Waals surface area contributed by atoms with Crippen molar-refractivity contribution >= 4 is 40.5 Å². The van der Waals surface area contributed by atoms with Gasteiger partial charge in [0.2, 0.25) is 17.7 Å². The number of phenolic OH excluding ortho intramolecular Hbond substituents is 1. The van der Waals surface area contributed by atoms with Crippen molar-refractivity contribution in [3.63, 3.8) is 0 Å². The summed E-state index contributed by atoms with van der Waals surface area (Å²) < 4.78 is 14.2. The van der Waals surface area contributed by atoms with Gasteiger partial charge in [-0.15, -0.1) is 0 Å². The largest absolute Gasteiger partial charge is 0.508 e. The van der Waals surface area contributed by atoms with E-state index < -0.39 is 47.2 Å². The summed E-state index contributed by atoms with van der Waals surface area (Å²) >= 11 is 0. The smallest absolute Gasteiger partial charge is 0.324 e. The lowest BCUT2D eigenvalue weighted by Gasteiger charge is -2.37. The van der Waals surface area contributed by atoms with Crippen molar-refractivity contribution in [1.82, 2.24) is 35.1 Å². The first kappa shape index (κ1) is 51.8. The topological polar surface area (TPSA) is 176 Å². The summed E-state index contributed by atoms with van der Waals surface area (Å²) in [4.78, 5) is 79.0. The molecule has 0 saturated carbocycles. The fraction of sp³-hybridized carbons (Fsp3) is 0.474. The van der Waals surface area contributed by atoms with E-state index in [1.54, 1.807) is 37.4 Å². The molecule has 3 aliphatic rings. The van der Waals surface area contributed by atoms with Gasteiger partial charge in [-0.05, 0) is 116 Å². The minimum atomic E-state index is -1.17. The summed E-state index contributed by atoms with van der Waals surface area (Å²) in [6.45, 7) is 13.7. The Hall–Kier alpha value is -6.58. The number of esters is 1. The molecule has 382 valence electrons. The Morgan fingerprint density at radius 3 is 2.50 bits per heavy atom. The molecular weight excluding hydrogens is 911 g/mol. The van der Waals surface area contributed by atoms with Crippen LogP contribution in [0.15, 0.2) is 85.1 Å². The van der Waals surface area contributed by atoms with E-state index in [1.807, 2.05) is 69.3 Å². The van der Waals surface area contributed by atoms with Crippen LogP contribution in [0.5, 0.6) is 5.75 Å². The molecule has 2 fully saturated rings. The number of methoxy groups -OCH3 is 1. The Morgan fingerprint density at radius 2 is 1.76 bits per heavy atom. The molecular formula is C57H71N7O8. The molecule has 8 rings (SSSR count). The first-order valence-corrected chi connectivity index (χ1v) is 25.6. The van der Waals surface area contributed by atoms with Gasteiger partial charge in [-0.25, -0.2) is 5.43 Å². The number of aryl methyl sites for hydroxylation is 2. The SMILES string of the molecule is CCn1c(-c2cccnc2[C@H](C)OC)c2c3cc(ccc31)-c1cc(O)cc(c1)C[C@H](NC(=O)[C@H](C(C)C)N(C)C(=O)[C@H]1CCN(C(=O)CCc3ccccc3)C1)C(=O)N1CCC[C@H](N1)C(=O)OCC(C)(C)C2. The molecule has 72 heavy (non-hydrogen) atoms. The van der Waals surface area contributed by atoms with E-state index in [1.165, 1.54) is 9.91 Å². The zero-order valence-corrected chi connectivity index (χ0v) is 43.1. The predicted molar refractivity (Wildman–Crippen MR) is 276 cm³/mol. The highest BCUT2D eigenvalue weighted by Gasteiger charge is 2.40. The number of nitrogens with one attached hydrogen (secondary N) is 2. The van der Waals surface area contributed by atoms with Crippen LogP contribution in [-0.2, 0) is 59.3 Å². The number of likely N-dealkylation sites (tertiary alicyclic amines) is 1. The lowest BCUT2D eigenvalue weighted by atomic mass is 9.84. The number of amides is 4. The molecule has 0 radical (unpaired) electrons. The molecule has 5 atom stereocenters. The van der Waals surface area contributed by atoms with Crippen molar-refractivity contribution < 1.29 is 38.6 Å². The Labute approximate surface area is 423 Å². The standard InChI is InChI=1S/C57H71N7O8/c1-9-63-48-21-20-39-31-44(48)45(52(63)43-17-13-24-58-50(43)36(4)71-8)32-57(5,6)34-72-56(70)46-18-14-25-64(60-46)55(69)47(29-38-27-41(39)30-42(65)28-38)59-53(67)51(35(2)3)61(7)54(68)40-23-26-62(33-40)49(66)22-19-37-15-11-10-12-16-37/h10-13,15-17,20-21,24,27-28,30-31,35-36,40,46-47,51,60,65H,9,14,18-19,22-23,25-26,29,32-34H2,1-8H3,(H,59,67)/t36-,40-,46-,47-,51-/m0/s1. The summed E-state index contributed by atoms with van der Waals surface area (Å²) in [6.07, 6.45) is 4.40. The van der Waals surface area contributed by atoms with Gasteiger partial charge in [-0.1, -0.05) is 70.2 Å². The third-order valence-electron chi connectivity index (χ3n) is 14.7. The first-order chi connectivity index (χ1) is 34.5. The molecule has 3 aliphatic heterocycles. The number of phenols is 1. The minimum Gasteiger partial charge on any atom is -0.508 e. The van der Waals surface area contributed by atoms with Gasteiger partial charge < -0.3 is 34.3 Å². The minimum absolute atomic E-state index is 0.00953. The van der Waals surface area contributed by atoms with E-state index in [0.29, 0.717) is 57.2 Å². The average Bonchev–Trinajstić information content (AvgIpc) is 3.99. The lowest BCUT2D eigenvalue weighted by Crippen LogP contribution is -2.62. The number of rotatable bonds is 12. The number of cyclic esters (lactones) is 1. The fourth-order valence-corrected chi connectivity index (χ4v) is 10.9. The van der Waals surface area contributed by atoms with E-state index in [9.17, 15) is 29.1 Å². The number of hydrogen-bond donors (Lipinski definition) is 3. The number of benzene rings is 3. The highest BCUT2D eigenvalue weighted by molar-refractivity contribution is 5.96. The molecule has 0 spiro atoms. The molecule has 5 heterocycles. The number of aromatic nitrogens is 2. The van der Waals surface area contributed by atoms with Crippen molar-refractivity contribution in [3.8, 4) is 28.1 Å². The molecule has 5 aromatic rings. The van der Waals surface area contributed by atoms with Gasteiger partial charge >= 0.3 is 5.97 Å². The molecule has 2 aromatic heterocycles. The van der Waals surface area contributed by atoms with Crippen LogP contribution >= 0.6 is 0 Å². The van der Waals surface area contributed by atoms with Crippen LogP contribution in [0.2, 0.25) is 0 Å². The highest BCUT2D eigenvalue weighted by Crippen LogP contribution is 2.42. The molecule has 0 unspecified atom stereocenters. The van der Waals surface area contributed by atoms with Crippen LogP contribution in [-0.4, -0.2) is 118 Å². The van der Waals surface area contributed by atoms with Crippen LogP contribution in [0.4, 0.5) is 0 Å². The summed E-state index contributed by atoms with van der Waals surface area (Å²) in [5.41, 5.74) is 10.6. The number of fused-ring (bicyclic) bond motifs is 6. The van der Waals surface area contributed by atoms with Crippen LogP contribution < -0.4 is 10.7 Å². The zero-order chi connectivity index (χ0) is 51.4. The van der Waals surface area contributed by atoms with Gasteiger partial charge in [0.05, 0.1) is 30.0 Å². The third kappa shape index (κ3) is 11.2. The normalized spacial score (nSPS) is 20.2. The lowest BCUT2D eigenvalue weighted by molar-refractivity contribution is -0.155. The average molecular weight is 982 g/mol. The van der Waals surface area contributed by atoms with Crippen LogP contribution in [0.1, 0.15) is 95.7 Å². The number of ether oxygens (including phenoxy) is 2. The number of nitrogens with zero attached hydrogens (tertiary/aromatic N) is 5. The van der Waals surface area contributed by atoms with Gasteiger partial charge in [-0.2, -0.15) is 0 Å². The monoisotopic (exact) mass is 982 g/mol. The van der Waals surface area contributed by atoms with E-state index in [-0.39, 0.29) is 55.7 Å². The first-order valence-electron chi connectivity index (χ1n) is 25.6. The van der Waals surface area contributed by atoms with E-state index in [2.05, 4.69) is 54.3 Å². The summed E-state index contributed by atoms with van der Waals surface area (Å²) in [5, 5.41) is 16.8. The highest BCUT2D eigenvalue weighted by atomic mass is 16.5. The van der Waals surface area contributed by atoms with Gasteiger partial charge in [0.1, 0.15) is 23.9 Å². The van der Waals surface area contributed by atoms with Gasteiger partial charge in [0.15, 0.2) is 0 Å². The summed E-state index contributed by atoms with van der Waals surface area (Å²) in [7, 11) is 3.28. The predicted octanol–water partition coefficient (Wildman–Crippen LogP) is 7.42. The Kier molecular flexibility index (Phi) is 15.8. The Balaban J connectivity index is 1.13. The van der Waals surface area contributed by atoms with Crippen molar-refractivity contribution in [2.75, 3.05) is 40.4 Å². The van der Waals surface area contributed by atoms with Crippen molar-refractivity contribution in [2.45, 2.75) is 117 Å². The molecule has 3 aromatic carbocycles. The van der Waals surface area contributed by atoms with Crippen molar-refractivity contribution in [2.24, 2.45) is 17.3 Å². The quantitative estimate of drug-likeness (QED) is 0.107. The van der Waals surface area contributed by atoms with Crippen molar-refractivity contribution in [1.29, 1.82) is 0 Å². The number of pyridine rings is 1. The molecule has 0 aliphatic carbocycles. The number of aromatic hydroxyl groups is 1. The fourth-order valence-electron chi connectivity index (χ4n) is 10.9. The maximum absolute atomic E-state index is 14.8.